The van der Waals surface area contributed by atoms with Gasteiger partial charge in [0.2, 0.25) is 0 Å². The molecule has 0 saturated heterocycles. The number of aliphatic hydroxyl groups excluding tert-OH is 1. The Labute approximate surface area is 104 Å². The van der Waals surface area contributed by atoms with Crippen LogP contribution in [0, 0.1) is 0 Å². The van der Waals surface area contributed by atoms with Crippen LogP contribution in [0.25, 0.3) is 0 Å². The van der Waals surface area contributed by atoms with Crippen LogP contribution < -0.4 is 5.32 Å². The fourth-order valence-electron chi connectivity index (χ4n) is 1.26. The summed E-state index contributed by atoms with van der Waals surface area (Å²) in [6.07, 6.45) is 0.918. The van der Waals surface area contributed by atoms with Gasteiger partial charge in [0.25, 0.3) is 0 Å². The molecule has 0 amide bonds. The molecule has 0 heterocycles. The molecule has 1 atom stereocenters. The van der Waals surface area contributed by atoms with Crippen LogP contribution in [0.3, 0.4) is 0 Å². The minimum Gasteiger partial charge on any atom is -0.395 e. The Balaban J connectivity index is 2.57. The van der Waals surface area contributed by atoms with Gasteiger partial charge in [-0.05, 0) is 24.1 Å². The first-order valence-corrected chi connectivity index (χ1v) is 6.12. The van der Waals surface area contributed by atoms with Gasteiger partial charge in [0, 0.05) is 22.1 Å². The van der Waals surface area contributed by atoms with Gasteiger partial charge in [-0.3, -0.25) is 0 Å². The van der Waals surface area contributed by atoms with E-state index in [-0.39, 0.29) is 12.6 Å². The fourth-order valence-corrected chi connectivity index (χ4v) is 2.08. The van der Waals surface area contributed by atoms with Gasteiger partial charge < -0.3 is 10.4 Å². The molecule has 1 unspecified atom stereocenters. The van der Waals surface area contributed by atoms with E-state index in [4.69, 9.17) is 16.7 Å². The van der Waals surface area contributed by atoms with Gasteiger partial charge in [0.1, 0.15) is 0 Å². The van der Waals surface area contributed by atoms with Crippen LogP contribution in [0.4, 0.5) is 0 Å². The van der Waals surface area contributed by atoms with Crippen LogP contribution in [0.2, 0.25) is 5.02 Å². The molecule has 0 bridgehead atoms. The van der Waals surface area contributed by atoms with Crippen molar-refractivity contribution in [3.63, 3.8) is 0 Å². The van der Waals surface area contributed by atoms with Gasteiger partial charge in [-0.1, -0.05) is 40.5 Å². The molecule has 2 nitrogen and oxygen atoms in total. The minimum absolute atomic E-state index is 0.160. The Morgan fingerprint density at radius 3 is 2.80 bits per heavy atom. The number of benzene rings is 1. The van der Waals surface area contributed by atoms with Crippen molar-refractivity contribution in [2.75, 3.05) is 6.61 Å². The van der Waals surface area contributed by atoms with Crippen LogP contribution in [0.1, 0.15) is 18.9 Å². The molecule has 2 N–H and O–H groups in total. The smallest absolute Gasteiger partial charge is 0.0584 e. The second-order valence-corrected chi connectivity index (χ2v) is 4.70. The number of hydrogen-bond donors (Lipinski definition) is 2. The van der Waals surface area contributed by atoms with Crippen molar-refractivity contribution in [3.05, 3.63) is 33.3 Å². The van der Waals surface area contributed by atoms with E-state index >= 15 is 0 Å². The van der Waals surface area contributed by atoms with Crippen LogP contribution >= 0.6 is 27.5 Å². The fraction of sp³-hybridized carbons (Fsp3) is 0.455. The summed E-state index contributed by atoms with van der Waals surface area (Å²) in [6, 6.07) is 5.87. The van der Waals surface area contributed by atoms with Crippen molar-refractivity contribution in [1.82, 2.24) is 5.32 Å². The third-order valence-electron chi connectivity index (χ3n) is 2.31. The SMILES string of the molecule is CCC(CO)NCc1ccc(Cl)cc1Br. The molecule has 0 aliphatic rings. The molecular formula is C11H15BrClNO. The average molecular weight is 293 g/mol. The second-order valence-electron chi connectivity index (χ2n) is 3.40. The molecule has 1 aromatic carbocycles. The van der Waals surface area contributed by atoms with Crippen LogP contribution in [-0.2, 0) is 6.54 Å². The zero-order valence-corrected chi connectivity index (χ0v) is 11.0. The van der Waals surface area contributed by atoms with Crippen molar-refractivity contribution in [3.8, 4) is 0 Å². The molecule has 1 aromatic rings. The van der Waals surface area contributed by atoms with E-state index in [0.29, 0.717) is 0 Å². The van der Waals surface area contributed by atoms with Crippen molar-refractivity contribution in [2.45, 2.75) is 25.9 Å². The van der Waals surface area contributed by atoms with Crippen LogP contribution in [-0.4, -0.2) is 17.8 Å². The summed E-state index contributed by atoms with van der Waals surface area (Å²) in [5.41, 5.74) is 1.14. The molecule has 0 spiro atoms. The zero-order chi connectivity index (χ0) is 11.3. The quantitative estimate of drug-likeness (QED) is 0.874. The molecule has 0 aliphatic heterocycles. The number of nitrogens with one attached hydrogen (secondary N) is 1. The maximum absolute atomic E-state index is 9.02. The molecule has 0 fully saturated rings. The van der Waals surface area contributed by atoms with Crippen molar-refractivity contribution < 1.29 is 5.11 Å². The molecule has 0 radical (unpaired) electrons. The highest BCUT2D eigenvalue weighted by Crippen LogP contribution is 2.21. The van der Waals surface area contributed by atoms with E-state index in [2.05, 4.69) is 21.2 Å². The first-order valence-electron chi connectivity index (χ1n) is 4.95. The maximum atomic E-state index is 9.02. The summed E-state index contributed by atoms with van der Waals surface area (Å²) < 4.78 is 0.996. The molecule has 1 rings (SSSR count). The third kappa shape index (κ3) is 4.11. The number of hydrogen-bond acceptors (Lipinski definition) is 2. The van der Waals surface area contributed by atoms with Gasteiger partial charge in [-0.15, -0.1) is 0 Å². The molecule has 4 heteroatoms. The summed E-state index contributed by atoms with van der Waals surface area (Å²) in [5.74, 6) is 0. The van der Waals surface area contributed by atoms with E-state index in [1.165, 1.54) is 0 Å². The monoisotopic (exact) mass is 291 g/mol. The van der Waals surface area contributed by atoms with E-state index in [0.717, 1.165) is 28.0 Å². The molecule has 0 aromatic heterocycles. The van der Waals surface area contributed by atoms with Gasteiger partial charge in [-0.25, -0.2) is 0 Å². The maximum Gasteiger partial charge on any atom is 0.0584 e. The van der Waals surface area contributed by atoms with Crippen molar-refractivity contribution in [2.24, 2.45) is 0 Å². The molecule has 84 valence electrons. The Bertz CT molecular complexity index is 315. The molecule has 0 saturated carbocycles. The second kappa shape index (κ2) is 6.48. The zero-order valence-electron chi connectivity index (χ0n) is 8.63. The van der Waals surface area contributed by atoms with E-state index in [1.54, 1.807) is 0 Å². The molecule has 0 aliphatic carbocycles. The van der Waals surface area contributed by atoms with Crippen LogP contribution in [0.5, 0.6) is 0 Å². The topological polar surface area (TPSA) is 32.3 Å². The standard InChI is InChI=1S/C11H15BrClNO/c1-2-10(7-15)14-6-8-3-4-9(13)5-11(8)12/h3-5,10,14-15H,2,6-7H2,1H3. The Hall–Kier alpha value is -0.0900. The first-order chi connectivity index (χ1) is 7.17. The lowest BCUT2D eigenvalue weighted by atomic mass is 10.2. The van der Waals surface area contributed by atoms with Gasteiger partial charge in [-0.2, -0.15) is 0 Å². The highest BCUT2D eigenvalue weighted by molar-refractivity contribution is 9.10. The number of rotatable bonds is 5. The van der Waals surface area contributed by atoms with E-state index in [1.807, 2.05) is 25.1 Å². The number of aliphatic hydroxyl groups is 1. The lowest BCUT2D eigenvalue weighted by Gasteiger charge is -2.14. The molecule has 15 heavy (non-hydrogen) atoms. The number of halogens is 2. The Morgan fingerprint density at radius 2 is 2.27 bits per heavy atom. The molecular weight excluding hydrogens is 277 g/mol. The third-order valence-corrected chi connectivity index (χ3v) is 3.28. The normalized spacial score (nSPS) is 12.8. The summed E-state index contributed by atoms with van der Waals surface area (Å²) in [7, 11) is 0. The summed E-state index contributed by atoms with van der Waals surface area (Å²) in [5, 5.41) is 13.0. The highest BCUT2D eigenvalue weighted by Gasteiger charge is 2.05. The predicted octanol–water partition coefficient (Wildman–Crippen LogP) is 2.96. The lowest BCUT2D eigenvalue weighted by Crippen LogP contribution is -2.31. The van der Waals surface area contributed by atoms with Crippen molar-refractivity contribution in [1.29, 1.82) is 0 Å². The van der Waals surface area contributed by atoms with Gasteiger partial charge >= 0.3 is 0 Å². The Morgan fingerprint density at radius 1 is 1.53 bits per heavy atom. The largest absolute Gasteiger partial charge is 0.395 e. The lowest BCUT2D eigenvalue weighted by molar-refractivity contribution is 0.238. The van der Waals surface area contributed by atoms with Gasteiger partial charge in [0.05, 0.1) is 6.61 Å². The highest BCUT2D eigenvalue weighted by atomic mass is 79.9. The summed E-state index contributed by atoms with van der Waals surface area (Å²) in [6.45, 7) is 2.95. The van der Waals surface area contributed by atoms with E-state index in [9.17, 15) is 0 Å². The minimum atomic E-state index is 0.160. The Kier molecular flexibility index (Phi) is 5.61. The predicted molar refractivity (Wildman–Crippen MR) is 67.2 cm³/mol. The first kappa shape index (κ1) is 13.0. The van der Waals surface area contributed by atoms with Crippen molar-refractivity contribution >= 4 is 27.5 Å². The summed E-state index contributed by atoms with van der Waals surface area (Å²) >= 11 is 9.30. The van der Waals surface area contributed by atoms with Gasteiger partial charge in [0.15, 0.2) is 0 Å². The van der Waals surface area contributed by atoms with Crippen LogP contribution in [0.15, 0.2) is 22.7 Å². The van der Waals surface area contributed by atoms with E-state index < -0.39 is 0 Å². The summed E-state index contributed by atoms with van der Waals surface area (Å²) in [4.78, 5) is 0. The average Bonchev–Trinajstić information content (AvgIpc) is 2.22.